The van der Waals surface area contributed by atoms with E-state index in [0.29, 0.717) is 10.6 Å². The number of halogens is 2. The molecule has 0 aromatic heterocycles. The Morgan fingerprint density at radius 2 is 1.76 bits per heavy atom. The number of allylic oxidation sites excluding steroid dienone is 1. The normalized spacial score (nSPS) is 18.7. The van der Waals surface area contributed by atoms with E-state index in [4.69, 9.17) is 23.2 Å². The molecule has 2 aromatic carbocycles. The highest BCUT2D eigenvalue weighted by atomic mass is 35.5. The molecule has 0 atom stereocenters. The van der Waals surface area contributed by atoms with Gasteiger partial charge in [0.05, 0.1) is 21.3 Å². The summed E-state index contributed by atoms with van der Waals surface area (Å²) in [6.45, 7) is 9.49. The third kappa shape index (κ3) is 4.24. The van der Waals surface area contributed by atoms with Crippen LogP contribution >= 0.6 is 23.2 Å². The molecule has 8 heteroatoms. The SMILES string of the molecule is CCCN1c2ccc(/C=C3/C(=O)NC(=O)N(c4ccc(Cl)c(Cl)c4)C3=O)cc2C(C)=CC1(C)C. The quantitative estimate of drug-likeness (QED) is 0.410. The summed E-state index contributed by atoms with van der Waals surface area (Å²) in [6, 6.07) is 9.41. The zero-order valence-corrected chi connectivity index (χ0v) is 20.9. The summed E-state index contributed by atoms with van der Waals surface area (Å²) in [5.74, 6) is -1.48. The number of hydrogen-bond donors (Lipinski definition) is 1. The van der Waals surface area contributed by atoms with Crippen LogP contribution < -0.4 is 15.1 Å². The molecule has 2 aliphatic rings. The minimum atomic E-state index is -0.841. The number of carbonyl (C=O) groups is 3. The van der Waals surface area contributed by atoms with Gasteiger partial charge in [0.25, 0.3) is 11.8 Å². The Labute approximate surface area is 208 Å². The van der Waals surface area contributed by atoms with Gasteiger partial charge in [-0.25, -0.2) is 9.69 Å². The van der Waals surface area contributed by atoms with Gasteiger partial charge in [0, 0.05) is 17.8 Å². The maximum atomic E-state index is 13.2. The fourth-order valence-electron chi connectivity index (χ4n) is 4.51. The summed E-state index contributed by atoms with van der Waals surface area (Å²) in [6.07, 6.45) is 4.74. The third-order valence-electron chi connectivity index (χ3n) is 6.02. The Balaban J connectivity index is 1.74. The predicted octanol–water partition coefficient (Wildman–Crippen LogP) is 6.07. The van der Waals surface area contributed by atoms with E-state index in [1.807, 2.05) is 18.2 Å². The molecule has 0 radical (unpaired) electrons. The van der Waals surface area contributed by atoms with Crippen LogP contribution in [0.3, 0.4) is 0 Å². The van der Waals surface area contributed by atoms with Crippen LogP contribution in [-0.4, -0.2) is 29.9 Å². The molecule has 0 unspecified atom stereocenters. The van der Waals surface area contributed by atoms with Gasteiger partial charge < -0.3 is 4.90 Å². The number of fused-ring (bicyclic) bond motifs is 1. The maximum absolute atomic E-state index is 13.2. The molecule has 176 valence electrons. The molecule has 0 saturated carbocycles. The Morgan fingerprint density at radius 1 is 1.03 bits per heavy atom. The topological polar surface area (TPSA) is 69.7 Å². The summed E-state index contributed by atoms with van der Waals surface area (Å²) in [5.41, 5.74) is 3.92. The standard InChI is InChI=1S/C26H25Cl2N3O3/c1-5-10-30-22-9-6-16(11-18(22)15(2)14-26(30,3)4)12-19-23(32)29-25(34)31(24(19)33)17-7-8-20(27)21(28)13-17/h6-9,11-14H,5,10H2,1-4H3,(H,29,32,34)/b19-12-. The van der Waals surface area contributed by atoms with Gasteiger partial charge in [0.15, 0.2) is 0 Å². The van der Waals surface area contributed by atoms with Crippen molar-refractivity contribution in [3.8, 4) is 0 Å². The smallest absolute Gasteiger partial charge is 0.335 e. The van der Waals surface area contributed by atoms with Crippen molar-refractivity contribution in [1.82, 2.24) is 5.32 Å². The number of benzene rings is 2. The van der Waals surface area contributed by atoms with Gasteiger partial charge in [0.1, 0.15) is 5.57 Å². The number of nitrogens with one attached hydrogen (secondary N) is 1. The summed E-state index contributed by atoms with van der Waals surface area (Å²) in [5, 5.41) is 2.72. The molecular weight excluding hydrogens is 473 g/mol. The molecular formula is C26H25Cl2N3O3. The highest BCUT2D eigenvalue weighted by Gasteiger charge is 2.37. The highest BCUT2D eigenvalue weighted by Crippen LogP contribution is 2.39. The Bertz CT molecular complexity index is 1280. The van der Waals surface area contributed by atoms with E-state index in [1.54, 1.807) is 0 Å². The Hall–Kier alpha value is -3.09. The molecule has 34 heavy (non-hydrogen) atoms. The van der Waals surface area contributed by atoms with Crippen LogP contribution in [0.1, 0.15) is 45.2 Å². The third-order valence-corrected chi connectivity index (χ3v) is 6.76. The maximum Gasteiger partial charge on any atom is 0.335 e. The van der Waals surface area contributed by atoms with E-state index >= 15 is 0 Å². The molecule has 0 bridgehead atoms. The number of urea groups is 1. The molecule has 2 aromatic rings. The second kappa shape index (κ2) is 8.93. The van der Waals surface area contributed by atoms with Crippen molar-refractivity contribution in [2.75, 3.05) is 16.3 Å². The van der Waals surface area contributed by atoms with Crippen LogP contribution in [0.25, 0.3) is 11.6 Å². The van der Waals surface area contributed by atoms with Crippen LogP contribution in [0.4, 0.5) is 16.2 Å². The average molecular weight is 498 g/mol. The Kier molecular flexibility index (Phi) is 6.32. The first-order valence-electron chi connectivity index (χ1n) is 11.0. The van der Waals surface area contributed by atoms with Crippen molar-refractivity contribution in [2.45, 2.75) is 39.7 Å². The lowest BCUT2D eigenvalue weighted by molar-refractivity contribution is -0.122. The minimum absolute atomic E-state index is 0.118. The minimum Gasteiger partial charge on any atom is -0.362 e. The number of hydrogen-bond acceptors (Lipinski definition) is 4. The highest BCUT2D eigenvalue weighted by molar-refractivity contribution is 6.43. The molecule has 1 fully saturated rings. The molecule has 2 aliphatic heterocycles. The van der Waals surface area contributed by atoms with Crippen molar-refractivity contribution in [3.63, 3.8) is 0 Å². The first-order chi connectivity index (χ1) is 16.0. The summed E-state index contributed by atoms with van der Waals surface area (Å²) < 4.78 is 0. The number of amides is 4. The van der Waals surface area contributed by atoms with E-state index in [0.717, 1.165) is 34.7 Å². The zero-order valence-electron chi connectivity index (χ0n) is 19.4. The van der Waals surface area contributed by atoms with Crippen molar-refractivity contribution in [2.24, 2.45) is 0 Å². The van der Waals surface area contributed by atoms with E-state index < -0.39 is 17.8 Å². The van der Waals surface area contributed by atoms with Crippen LogP contribution in [0.15, 0.2) is 48.0 Å². The average Bonchev–Trinajstić information content (AvgIpc) is 2.76. The molecule has 0 spiro atoms. The number of anilines is 2. The first kappa shape index (κ1) is 24.0. The molecule has 6 nitrogen and oxygen atoms in total. The molecule has 4 rings (SSSR count). The van der Waals surface area contributed by atoms with E-state index in [9.17, 15) is 14.4 Å². The summed E-state index contributed by atoms with van der Waals surface area (Å²) in [7, 11) is 0. The van der Waals surface area contributed by atoms with E-state index in [-0.39, 0.29) is 21.8 Å². The van der Waals surface area contributed by atoms with Crippen molar-refractivity contribution >= 4 is 64.1 Å². The molecule has 2 heterocycles. The van der Waals surface area contributed by atoms with Gasteiger partial charge in [-0.3, -0.25) is 14.9 Å². The number of rotatable bonds is 4. The van der Waals surface area contributed by atoms with Crippen molar-refractivity contribution in [1.29, 1.82) is 0 Å². The van der Waals surface area contributed by atoms with Gasteiger partial charge in [-0.05, 0) is 74.7 Å². The van der Waals surface area contributed by atoms with Gasteiger partial charge in [0.2, 0.25) is 0 Å². The second-order valence-corrected chi connectivity index (χ2v) is 9.78. The fourth-order valence-corrected chi connectivity index (χ4v) is 4.80. The van der Waals surface area contributed by atoms with E-state index in [2.05, 4.69) is 44.0 Å². The van der Waals surface area contributed by atoms with Crippen molar-refractivity contribution in [3.05, 3.63) is 69.2 Å². The largest absolute Gasteiger partial charge is 0.362 e. The number of imide groups is 2. The van der Waals surface area contributed by atoms with Crippen LogP contribution in [0, 0.1) is 0 Å². The fraction of sp³-hybridized carbons (Fsp3) is 0.269. The van der Waals surface area contributed by atoms with E-state index in [1.165, 1.54) is 24.3 Å². The summed E-state index contributed by atoms with van der Waals surface area (Å²) in [4.78, 5) is 41.5. The molecule has 4 amide bonds. The monoisotopic (exact) mass is 497 g/mol. The lowest BCUT2D eigenvalue weighted by atomic mass is 9.87. The summed E-state index contributed by atoms with van der Waals surface area (Å²) >= 11 is 12.0. The predicted molar refractivity (Wildman–Crippen MR) is 137 cm³/mol. The van der Waals surface area contributed by atoms with Gasteiger partial charge >= 0.3 is 6.03 Å². The van der Waals surface area contributed by atoms with Crippen LogP contribution in [0.2, 0.25) is 10.0 Å². The first-order valence-corrected chi connectivity index (χ1v) is 11.8. The van der Waals surface area contributed by atoms with Crippen LogP contribution in [-0.2, 0) is 9.59 Å². The number of barbiturate groups is 1. The van der Waals surface area contributed by atoms with Gasteiger partial charge in [-0.15, -0.1) is 0 Å². The van der Waals surface area contributed by atoms with Gasteiger partial charge in [-0.2, -0.15) is 0 Å². The number of nitrogens with zero attached hydrogens (tertiary/aromatic N) is 2. The molecule has 0 aliphatic carbocycles. The lowest BCUT2D eigenvalue weighted by Crippen LogP contribution is -2.54. The van der Waals surface area contributed by atoms with Crippen molar-refractivity contribution < 1.29 is 14.4 Å². The lowest BCUT2D eigenvalue weighted by Gasteiger charge is -2.43. The Morgan fingerprint density at radius 3 is 2.44 bits per heavy atom. The molecule has 1 saturated heterocycles. The second-order valence-electron chi connectivity index (χ2n) is 8.97. The number of carbonyl (C=O) groups excluding carboxylic acids is 3. The zero-order chi connectivity index (χ0) is 24.8. The molecule has 1 N–H and O–H groups in total. The van der Waals surface area contributed by atoms with Gasteiger partial charge in [-0.1, -0.05) is 42.3 Å². The van der Waals surface area contributed by atoms with Crippen LogP contribution in [0.5, 0.6) is 0 Å².